The Morgan fingerprint density at radius 2 is 1.85 bits per heavy atom. The molecule has 180 valence electrons. The van der Waals surface area contributed by atoms with E-state index in [1.165, 1.54) is 12.1 Å². The Kier molecular flexibility index (Phi) is 6.16. The summed E-state index contributed by atoms with van der Waals surface area (Å²) in [6, 6.07) is 14.2. The summed E-state index contributed by atoms with van der Waals surface area (Å²) in [7, 11) is 1.64. The maximum atomic E-state index is 13.6. The van der Waals surface area contributed by atoms with Gasteiger partial charge in [0.15, 0.2) is 6.29 Å². The Morgan fingerprint density at radius 1 is 1.09 bits per heavy atom. The lowest BCUT2D eigenvalue weighted by molar-refractivity contribution is 0.146. The first-order valence-corrected chi connectivity index (χ1v) is 11.6. The summed E-state index contributed by atoms with van der Waals surface area (Å²) in [5.41, 5.74) is 17.6. The lowest BCUT2D eigenvalue weighted by atomic mass is 10.0. The van der Waals surface area contributed by atoms with Crippen molar-refractivity contribution >= 4 is 5.69 Å². The van der Waals surface area contributed by atoms with Crippen molar-refractivity contribution in [3.63, 3.8) is 0 Å². The van der Waals surface area contributed by atoms with E-state index in [0.29, 0.717) is 24.9 Å². The van der Waals surface area contributed by atoms with Gasteiger partial charge in [-0.2, -0.15) is 9.89 Å². The predicted octanol–water partition coefficient (Wildman–Crippen LogP) is 3.34. The van der Waals surface area contributed by atoms with Crippen molar-refractivity contribution in [2.45, 2.75) is 44.2 Å². The molecule has 3 atom stereocenters. The van der Waals surface area contributed by atoms with Crippen molar-refractivity contribution in [1.82, 2.24) is 9.89 Å². The molecule has 0 saturated heterocycles. The molecule has 2 heterocycles. The minimum absolute atomic E-state index is 0.168. The number of hydrogen-bond donors (Lipinski definition) is 2. The fourth-order valence-electron chi connectivity index (χ4n) is 4.65. The van der Waals surface area contributed by atoms with Gasteiger partial charge >= 0.3 is 0 Å². The van der Waals surface area contributed by atoms with Gasteiger partial charge in [0.2, 0.25) is 0 Å². The number of anilines is 1. The van der Waals surface area contributed by atoms with E-state index in [9.17, 15) is 4.39 Å². The quantitative estimate of drug-likeness (QED) is 0.492. The number of rotatable bonds is 8. The fourth-order valence-corrected chi connectivity index (χ4v) is 4.65. The molecule has 0 amide bonds. The molecule has 3 aromatic rings. The van der Waals surface area contributed by atoms with Crippen LogP contribution in [0.3, 0.4) is 0 Å². The number of methoxy groups -OCH3 is 1. The van der Waals surface area contributed by atoms with Crippen molar-refractivity contribution < 1.29 is 13.9 Å². The molecule has 4 N–H and O–H groups in total. The molecule has 1 fully saturated rings. The van der Waals surface area contributed by atoms with Crippen LogP contribution in [0.1, 0.15) is 54.7 Å². The van der Waals surface area contributed by atoms with Gasteiger partial charge in [-0.15, -0.1) is 0 Å². The first-order chi connectivity index (χ1) is 16.5. The molecule has 8 nitrogen and oxygen atoms in total. The lowest BCUT2D eigenvalue weighted by Gasteiger charge is -2.50. The molecule has 1 aliphatic carbocycles. The highest BCUT2D eigenvalue weighted by atomic mass is 19.1. The normalized spacial score (nSPS) is 20.9. The highest BCUT2D eigenvalue weighted by Gasteiger charge is 2.41. The fraction of sp³-hybridized carbons (Fsp3) is 0.400. The zero-order valence-corrected chi connectivity index (χ0v) is 19.5. The van der Waals surface area contributed by atoms with Crippen LogP contribution in [0.25, 0.3) is 0 Å². The maximum absolute atomic E-state index is 13.6. The summed E-state index contributed by atoms with van der Waals surface area (Å²) < 4.78 is 24.6. The van der Waals surface area contributed by atoms with Crippen LogP contribution in [-0.4, -0.2) is 36.5 Å². The van der Waals surface area contributed by atoms with E-state index in [2.05, 4.69) is 16.9 Å². The van der Waals surface area contributed by atoms with Crippen LogP contribution in [-0.2, 0) is 4.74 Å². The summed E-state index contributed by atoms with van der Waals surface area (Å²) >= 11 is 0. The van der Waals surface area contributed by atoms with Crippen LogP contribution in [0.5, 0.6) is 5.75 Å². The van der Waals surface area contributed by atoms with Crippen LogP contribution in [0.4, 0.5) is 10.1 Å². The molecule has 0 radical (unpaired) electrons. The Labute approximate surface area is 198 Å². The summed E-state index contributed by atoms with van der Waals surface area (Å²) in [5, 5.41) is 6.51. The van der Waals surface area contributed by atoms with Gasteiger partial charge in [0.05, 0.1) is 30.2 Å². The van der Waals surface area contributed by atoms with Crippen molar-refractivity contribution in [1.29, 1.82) is 0 Å². The minimum Gasteiger partial charge on any atom is -0.491 e. The molecular weight excluding hydrogens is 435 g/mol. The van der Waals surface area contributed by atoms with Gasteiger partial charge in [0.25, 0.3) is 0 Å². The van der Waals surface area contributed by atoms with E-state index in [4.69, 9.17) is 20.9 Å². The zero-order valence-electron chi connectivity index (χ0n) is 19.5. The standard InChI is InChI=1S/C25H31FN6O2/c1-16(17-5-7-19(26)8-6-17)30-23-15-20(34-14-13-33-2)9-10-21(23)24(27)31(25(30)28)32-22(11-12-29-32)18-3-4-18/h5-12,15-16,18,24-25H,3-4,13-14,27-28H2,1-2H3/t16-,24?,25?/m0/s1. The number of nitrogens with zero attached hydrogens (tertiary/aromatic N) is 4. The van der Waals surface area contributed by atoms with E-state index in [0.717, 1.165) is 35.3 Å². The van der Waals surface area contributed by atoms with Gasteiger partial charge in [0, 0.05) is 24.7 Å². The molecule has 34 heavy (non-hydrogen) atoms. The molecule has 2 unspecified atom stereocenters. The van der Waals surface area contributed by atoms with Crippen LogP contribution >= 0.6 is 0 Å². The molecule has 1 aromatic heterocycles. The average molecular weight is 467 g/mol. The Balaban J connectivity index is 1.58. The number of benzene rings is 2. The van der Waals surface area contributed by atoms with Crippen molar-refractivity contribution in [2.24, 2.45) is 11.5 Å². The van der Waals surface area contributed by atoms with Gasteiger partial charge in [-0.05, 0) is 55.7 Å². The third-order valence-corrected chi connectivity index (χ3v) is 6.63. The van der Waals surface area contributed by atoms with E-state index in [1.807, 2.05) is 34.1 Å². The number of ether oxygens (including phenoxy) is 2. The van der Waals surface area contributed by atoms with Crippen molar-refractivity contribution in [2.75, 3.05) is 30.2 Å². The van der Waals surface area contributed by atoms with Crippen LogP contribution in [0.2, 0.25) is 0 Å². The molecule has 1 aliphatic heterocycles. The Morgan fingerprint density at radius 3 is 2.56 bits per heavy atom. The summed E-state index contributed by atoms with van der Waals surface area (Å²) in [6.07, 6.45) is 2.95. The summed E-state index contributed by atoms with van der Waals surface area (Å²) in [4.78, 5) is 3.96. The van der Waals surface area contributed by atoms with Crippen molar-refractivity contribution in [3.8, 4) is 5.75 Å². The number of hydrogen-bond acceptors (Lipinski definition) is 7. The van der Waals surface area contributed by atoms with Crippen LogP contribution in [0, 0.1) is 5.82 Å². The highest BCUT2D eigenvalue weighted by molar-refractivity contribution is 5.63. The zero-order chi connectivity index (χ0) is 23.8. The second-order valence-corrected chi connectivity index (χ2v) is 8.85. The molecule has 9 heteroatoms. The SMILES string of the molecule is COCCOc1ccc2c(c1)N([C@@H](C)c1ccc(F)cc1)C(N)N(n1nccc1C1CC1)C2N. The van der Waals surface area contributed by atoms with Crippen molar-refractivity contribution in [3.05, 3.63) is 77.4 Å². The van der Waals surface area contributed by atoms with Crippen LogP contribution < -0.4 is 26.1 Å². The molecular formula is C25H31FN6O2. The lowest BCUT2D eigenvalue weighted by Crippen LogP contribution is -2.65. The molecule has 2 aliphatic rings. The van der Waals surface area contributed by atoms with E-state index in [1.54, 1.807) is 25.4 Å². The largest absolute Gasteiger partial charge is 0.491 e. The second kappa shape index (κ2) is 9.25. The van der Waals surface area contributed by atoms with E-state index >= 15 is 0 Å². The minimum atomic E-state index is -0.617. The van der Waals surface area contributed by atoms with E-state index < -0.39 is 12.5 Å². The maximum Gasteiger partial charge on any atom is 0.173 e. The monoisotopic (exact) mass is 466 g/mol. The Bertz CT molecular complexity index is 1130. The van der Waals surface area contributed by atoms with Gasteiger partial charge < -0.3 is 20.1 Å². The Hall–Kier alpha value is -3.14. The number of fused-ring (bicyclic) bond motifs is 1. The average Bonchev–Trinajstić information content (AvgIpc) is 3.57. The van der Waals surface area contributed by atoms with Gasteiger partial charge in [-0.25, -0.2) is 9.40 Å². The summed E-state index contributed by atoms with van der Waals surface area (Å²) in [6.45, 7) is 2.98. The summed E-state index contributed by atoms with van der Waals surface area (Å²) in [5.74, 6) is 0.905. The third-order valence-electron chi connectivity index (χ3n) is 6.63. The number of nitrogens with two attached hydrogens (primary N) is 2. The molecule has 5 rings (SSSR count). The smallest absolute Gasteiger partial charge is 0.173 e. The topological polar surface area (TPSA) is 94.8 Å². The van der Waals surface area contributed by atoms with Gasteiger partial charge in [-0.3, -0.25) is 5.73 Å². The molecule has 2 aromatic carbocycles. The number of halogens is 1. The highest BCUT2D eigenvalue weighted by Crippen LogP contribution is 2.44. The van der Waals surface area contributed by atoms with E-state index in [-0.39, 0.29) is 11.9 Å². The molecule has 0 spiro atoms. The number of aromatic nitrogens is 2. The molecule has 0 bridgehead atoms. The first-order valence-electron chi connectivity index (χ1n) is 11.6. The van der Waals surface area contributed by atoms with Gasteiger partial charge in [-0.1, -0.05) is 12.1 Å². The first kappa shape index (κ1) is 22.6. The molecule has 1 saturated carbocycles. The third kappa shape index (κ3) is 4.11. The second-order valence-electron chi connectivity index (χ2n) is 8.85. The predicted molar refractivity (Wildman–Crippen MR) is 128 cm³/mol. The van der Waals surface area contributed by atoms with Crippen LogP contribution in [0.15, 0.2) is 54.7 Å². The van der Waals surface area contributed by atoms with Gasteiger partial charge in [0.1, 0.15) is 24.3 Å².